The molecule has 3 aliphatic rings. The fourth-order valence-electron chi connectivity index (χ4n) is 6.57. The summed E-state index contributed by atoms with van der Waals surface area (Å²) in [5.41, 5.74) is 5.13. The van der Waals surface area contributed by atoms with Crippen LogP contribution in [0.4, 0.5) is 5.69 Å². The Bertz CT molecular complexity index is 1310. The summed E-state index contributed by atoms with van der Waals surface area (Å²) in [6.45, 7) is 3.02. The van der Waals surface area contributed by atoms with Gasteiger partial charge in [-0.3, -0.25) is 9.88 Å². The molecule has 2 aromatic carbocycles. The van der Waals surface area contributed by atoms with Crippen LogP contribution in [0.15, 0.2) is 78.6 Å². The summed E-state index contributed by atoms with van der Waals surface area (Å²) in [5, 5.41) is 14.3. The fourth-order valence-corrected chi connectivity index (χ4v) is 6.76. The smallest absolute Gasteiger partial charge is 0.329 e. The standard InChI is InChI=1S/C30H30ClN3O2/c31-24-5-3-6-25(17-24)33-30(28(35)36)12-10-29(11-13-30)26-7-2-1-4-22(26)16-27(29)23-19-34(20-23)18-21-8-14-32-15-9-21/h1-9,14-17,23,33H,10-13,18-20H2,(H,35,36). The molecule has 0 unspecified atom stereocenters. The van der Waals surface area contributed by atoms with Gasteiger partial charge in [-0.2, -0.15) is 0 Å². The number of hydrogen-bond acceptors (Lipinski definition) is 4. The second kappa shape index (κ2) is 9.06. The van der Waals surface area contributed by atoms with Gasteiger partial charge >= 0.3 is 5.97 Å². The van der Waals surface area contributed by atoms with Gasteiger partial charge in [0.05, 0.1) is 0 Å². The Hall–Kier alpha value is -3.15. The van der Waals surface area contributed by atoms with E-state index in [1.807, 2.05) is 24.5 Å². The van der Waals surface area contributed by atoms with E-state index in [0.29, 0.717) is 23.8 Å². The molecule has 2 heterocycles. The van der Waals surface area contributed by atoms with Crippen LogP contribution in [-0.2, 0) is 16.8 Å². The van der Waals surface area contributed by atoms with Crippen molar-refractivity contribution in [3.8, 4) is 0 Å². The molecule has 0 atom stereocenters. The minimum atomic E-state index is -0.994. The zero-order chi connectivity index (χ0) is 24.8. The number of carbonyl (C=O) groups is 1. The van der Waals surface area contributed by atoms with Gasteiger partial charge in [-0.25, -0.2) is 4.79 Å². The molecule has 2 aliphatic carbocycles. The van der Waals surface area contributed by atoms with Gasteiger partial charge in [0.1, 0.15) is 5.54 Å². The molecule has 1 aromatic heterocycles. The minimum absolute atomic E-state index is 0.0843. The Kier molecular flexibility index (Phi) is 5.85. The van der Waals surface area contributed by atoms with Gasteiger partial charge in [0.15, 0.2) is 0 Å². The van der Waals surface area contributed by atoms with Gasteiger partial charge in [-0.05, 0) is 72.7 Å². The van der Waals surface area contributed by atoms with Crippen LogP contribution in [0.5, 0.6) is 0 Å². The molecule has 1 aliphatic heterocycles. The van der Waals surface area contributed by atoms with Gasteiger partial charge < -0.3 is 10.4 Å². The molecule has 2 N–H and O–H groups in total. The van der Waals surface area contributed by atoms with Crippen molar-refractivity contribution in [3.05, 3.63) is 100 Å². The summed E-state index contributed by atoms with van der Waals surface area (Å²) in [7, 11) is 0. The summed E-state index contributed by atoms with van der Waals surface area (Å²) < 4.78 is 0. The van der Waals surface area contributed by atoms with Crippen molar-refractivity contribution in [2.24, 2.45) is 5.92 Å². The largest absolute Gasteiger partial charge is 0.480 e. The molecule has 36 heavy (non-hydrogen) atoms. The average Bonchev–Trinajstić information content (AvgIpc) is 3.17. The number of benzene rings is 2. The summed E-state index contributed by atoms with van der Waals surface area (Å²) in [6.07, 6.45) is 8.87. The number of fused-ring (bicyclic) bond motifs is 2. The highest BCUT2D eigenvalue weighted by Gasteiger charge is 2.53. The van der Waals surface area contributed by atoms with E-state index in [-0.39, 0.29) is 5.41 Å². The van der Waals surface area contributed by atoms with Crippen LogP contribution >= 0.6 is 11.6 Å². The predicted octanol–water partition coefficient (Wildman–Crippen LogP) is 6.01. The van der Waals surface area contributed by atoms with E-state index in [9.17, 15) is 9.90 Å². The third kappa shape index (κ3) is 4.00. The van der Waals surface area contributed by atoms with Crippen molar-refractivity contribution in [1.82, 2.24) is 9.88 Å². The molecule has 0 radical (unpaired) electrons. The van der Waals surface area contributed by atoms with Crippen molar-refractivity contribution < 1.29 is 9.90 Å². The summed E-state index contributed by atoms with van der Waals surface area (Å²) in [6, 6.07) is 20.2. The fraction of sp³-hybridized carbons (Fsp3) is 0.333. The number of likely N-dealkylation sites (tertiary alicyclic amines) is 1. The molecule has 6 rings (SSSR count). The van der Waals surface area contributed by atoms with Gasteiger partial charge in [0.25, 0.3) is 0 Å². The lowest BCUT2D eigenvalue weighted by molar-refractivity contribution is -0.143. The number of hydrogen-bond donors (Lipinski definition) is 2. The third-order valence-electron chi connectivity index (χ3n) is 8.47. The Labute approximate surface area is 216 Å². The lowest BCUT2D eigenvalue weighted by Crippen LogP contribution is -2.54. The van der Waals surface area contributed by atoms with E-state index in [1.54, 1.807) is 12.1 Å². The molecule has 184 valence electrons. The average molecular weight is 500 g/mol. The topological polar surface area (TPSA) is 65.5 Å². The van der Waals surface area contributed by atoms with E-state index in [1.165, 1.54) is 22.3 Å². The molecule has 6 heteroatoms. The summed E-state index contributed by atoms with van der Waals surface area (Å²) in [5.74, 6) is -0.293. The molecular weight excluding hydrogens is 470 g/mol. The Morgan fingerprint density at radius 2 is 1.78 bits per heavy atom. The number of pyridine rings is 1. The first kappa shape index (κ1) is 23.3. The highest BCUT2D eigenvalue weighted by molar-refractivity contribution is 6.30. The van der Waals surface area contributed by atoms with Gasteiger partial charge in [0, 0.05) is 54.1 Å². The number of nitrogens with one attached hydrogen (secondary N) is 1. The molecule has 2 fully saturated rings. The quantitative estimate of drug-likeness (QED) is 0.434. The molecule has 0 amide bonds. The molecule has 5 nitrogen and oxygen atoms in total. The number of carboxylic acids is 1. The maximum absolute atomic E-state index is 12.6. The number of halogens is 1. The SMILES string of the molecule is O=C(O)C1(Nc2cccc(Cl)c2)CCC2(CC1)C(C1CN(Cc3ccncc3)C1)=Cc1ccccc12. The van der Waals surface area contributed by atoms with Crippen LogP contribution < -0.4 is 5.32 Å². The van der Waals surface area contributed by atoms with Crippen molar-refractivity contribution in [1.29, 1.82) is 0 Å². The van der Waals surface area contributed by atoms with Crippen LogP contribution in [0, 0.1) is 5.92 Å². The molecule has 1 saturated carbocycles. The minimum Gasteiger partial charge on any atom is -0.480 e. The molecule has 0 bridgehead atoms. The summed E-state index contributed by atoms with van der Waals surface area (Å²) in [4.78, 5) is 19.2. The highest BCUT2D eigenvalue weighted by Crippen LogP contribution is 2.56. The second-order valence-electron chi connectivity index (χ2n) is 10.5. The number of carboxylic acid groups (broad SMARTS) is 1. The van der Waals surface area contributed by atoms with Crippen LogP contribution in [0.1, 0.15) is 42.4 Å². The van der Waals surface area contributed by atoms with Crippen LogP contribution in [0.3, 0.4) is 0 Å². The normalized spacial score (nSPS) is 25.8. The summed E-state index contributed by atoms with van der Waals surface area (Å²) >= 11 is 6.18. The molecular formula is C30H30ClN3O2. The number of nitrogens with zero attached hydrogens (tertiary/aromatic N) is 2. The van der Waals surface area contributed by atoms with Crippen molar-refractivity contribution in [2.75, 3.05) is 18.4 Å². The number of anilines is 1. The maximum atomic E-state index is 12.6. The molecule has 1 saturated heterocycles. The lowest BCUT2D eigenvalue weighted by atomic mass is 9.59. The van der Waals surface area contributed by atoms with Crippen LogP contribution in [0.25, 0.3) is 6.08 Å². The predicted molar refractivity (Wildman–Crippen MR) is 143 cm³/mol. The second-order valence-corrected chi connectivity index (χ2v) is 11.0. The van der Waals surface area contributed by atoms with E-state index in [2.05, 4.69) is 57.7 Å². The molecule has 1 spiro atoms. The van der Waals surface area contributed by atoms with Crippen molar-refractivity contribution >= 4 is 29.3 Å². The number of rotatable bonds is 6. The van der Waals surface area contributed by atoms with E-state index in [4.69, 9.17) is 11.6 Å². The molecule has 3 aromatic rings. The van der Waals surface area contributed by atoms with Gasteiger partial charge in [0.2, 0.25) is 0 Å². The van der Waals surface area contributed by atoms with Crippen molar-refractivity contribution in [2.45, 2.75) is 43.2 Å². The number of aliphatic carboxylic acids is 1. The van der Waals surface area contributed by atoms with Crippen molar-refractivity contribution in [3.63, 3.8) is 0 Å². The highest BCUT2D eigenvalue weighted by atomic mass is 35.5. The first-order valence-corrected chi connectivity index (χ1v) is 13.1. The first-order valence-electron chi connectivity index (χ1n) is 12.7. The third-order valence-corrected chi connectivity index (χ3v) is 8.70. The zero-order valence-corrected chi connectivity index (χ0v) is 20.9. The Balaban J connectivity index is 1.23. The van der Waals surface area contributed by atoms with Crippen LogP contribution in [-0.4, -0.2) is 39.6 Å². The monoisotopic (exact) mass is 499 g/mol. The lowest BCUT2D eigenvalue weighted by Gasteiger charge is -2.50. The van der Waals surface area contributed by atoms with E-state index >= 15 is 0 Å². The van der Waals surface area contributed by atoms with E-state index in [0.717, 1.165) is 38.2 Å². The zero-order valence-electron chi connectivity index (χ0n) is 20.2. The maximum Gasteiger partial charge on any atom is 0.329 e. The van der Waals surface area contributed by atoms with Crippen LogP contribution in [0.2, 0.25) is 5.02 Å². The Morgan fingerprint density at radius 1 is 1.03 bits per heavy atom. The van der Waals surface area contributed by atoms with E-state index < -0.39 is 11.5 Å². The Morgan fingerprint density at radius 3 is 2.50 bits per heavy atom. The van der Waals surface area contributed by atoms with Gasteiger partial charge in [-0.15, -0.1) is 0 Å². The number of aromatic nitrogens is 1. The van der Waals surface area contributed by atoms with Gasteiger partial charge in [-0.1, -0.05) is 53.6 Å². The first-order chi connectivity index (χ1) is 17.5.